The number of amides is 7. The number of para-hydroxylation sites is 1. The van der Waals surface area contributed by atoms with Crippen molar-refractivity contribution < 1.29 is 47.7 Å². The number of unbranched alkanes of at least 4 members (excludes halogenated alkanes) is 1. The van der Waals surface area contributed by atoms with E-state index in [-0.39, 0.29) is 47.8 Å². The van der Waals surface area contributed by atoms with Crippen molar-refractivity contribution in [3.05, 3.63) is 72.3 Å². The number of carbonyl (C=O) groups excluding carboxylic acids is 6. The number of piperidine rings is 1. The van der Waals surface area contributed by atoms with Crippen LogP contribution in [-0.4, -0.2) is 201 Å². The molecular weight excluding hydrogens is 1070 g/mol. The van der Waals surface area contributed by atoms with Crippen LogP contribution in [0, 0.1) is 5.92 Å². The molecule has 0 radical (unpaired) electrons. The lowest BCUT2D eigenvalue weighted by molar-refractivity contribution is -0.127. The molecule has 5 aliphatic rings. The third-order valence-corrected chi connectivity index (χ3v) is 17.3. The Morgan fingerprint density at radius 3 is 1.99 bits per heavy atom. The van der Waals surface area contributed by atoms with Gasteiger partial charge in [-0.1, -0.05) is 30.7 Å². The van der Waals surface area contributed by atoms with Crippen LogP contribution in [0.25, 0.3) is 11.3 Å². The molecule has 2 aromatic carbocycles. The van der Waals surface area contributed by atoms with E-state index in [1.165, 1.54) is 0 Å². The molecule has 5 aliphatic heterocycles. The smallest absolute Gasteiger partial charge is 0.315 e. The minimum absolute atomic E-state index is 0.0284. The average Bonchev–Trinajstić information content (AvgIpc) is 3.83. The van der Waals surface area contributed by atoms with E-state index in [1.54, 1.807) is 6.08 Å². The molecule has 4 fully saturated rings. The zero-order chi connectivity index (χ0) is 57.3. The van der Waals surface area contributed by atoms with E-state index >= 15 is 0 Å². The number of nitrogens with zero attached hydrogens (tertiary/aromatic N) is 5. The molecule has 4 saturated heterocycles. The summed E-state index contributed by atoms with van der Waals surface area (Å²) >= 11 is 1.90. The first-order valence-corrected chi connectivity index (χ1v) is 30.7. The number of piperazine rings is 1. The Morgan fingerprint density at radius 2 is 1.32 bits per heavy atom. The Morgan fingerprint density at radius 1 is 0.695 bits per heavy atom. The summed E-state index contributed by atoms with van der Waals surface area (Å²) in [5.41, 5.74) is 7.68. The number of hydrogen-bond donors (Lipinski definition) is 7. The van der Waals surface area contributed by atoms with E-state index in [9.17, 15) is 28.8 Å². The normalized spacial score (nSPS) is 20.1. The standard InChI is InChI=1S/C59H86N12O10S/c60-57(76)54-55(44-17-19-46(20-18-44)81-45-10-2-1-3-11-45)67-71-48(21-26-64-58(54)71)43-22-29-70(30-23-43)53(75)16-7-28-68-32-34-69(35-33-68)31-27-63-52(74)15-6-14-51(73)62-25-9-37-79-39-41-80-40-38-78-36-8-24-61-50(72)13-5-4-12-49-56-47(42-82-49)65-59(77)66-56/h1-3,7,10-11,16-20,43,47-49,56,64H,4-6,8-9,12-15,21-42H2,(H2,60,76)(H,61,72)(H,62,73)(H,63,74)(H2,65,66,77)/b16-7+/t47-,48+,49-,56-/m1/s1. The van der Waals surface area contributed by atoms with Crippen molar-refractivity contribution in [3.8, 4) is 22.8 Å². The highest BCUT2D eigenvalue weighted by molar-refractivity contribution is 8.00. The Hall–Kier alpha value is -6.24. The Labute approximate surface area is 486 Å². The molecule has 6 heterocycles. The van der Waals surface area contributed by atoms with E-state index in [1.807, 2.05) is 82.0 Å². The van der Waals surface area contributed by atoms with Gasteiger partial charge in [0.15, 0.2) is 0 Å². The molecule has 4 atom stereocenters. The number of primary amides is 1. The fourth-order valence-electron chi connectivity index (χ4n) is 11.2. The summed E-state index contributed by atoms with van der Waals surface area (Å²) in [6.07, 6.45) is 12.0. The van der Waals surface area contributed by atoms with Gasteiger partial charge in [0.05, 0.1) is 44.6 Å². The van der Waals surface area contributed by atoms with Crippen LogP contribution < -0.4 is 42.4 Å². The van der Waals surface area contributed by atoms with Gasteiger partial charge in [-0.2, -0.15) is 16.9 Å². The Bertz CT molecular complexity index is 2540. The van der Waals surface area contributed by atoms with E-state index in [0.717, 1.165) is 94.7 Å². The zero-order valence-electron chi connectivity index (χ0n) is 47.5. The topological polar surface area (TPSA) is 265 Å². The molecule has 0 aliphatic carbocycles. The number of anilines is 1. The van der Waals surface area contributed by atoms with Crippen LogP contribution in [0.1, 0.15) is 93.4 Å². The summed E-state index contributed by atoms with van der Waals surface area (Å²) < 4.78 is 24.7. The highest BCUT2D eigenvalue weighted by Gasteiger charge is 2.42. The average molecular weight is 1160 g/mol. The summed E-state index contributed by atoms with van der Waals surface area (Å²) in [5.74, 6) is 2.75. The van der Waals surface area contributed by atoms with Crippen LogP contribution in [0.3, 0.4) is 0 Å². The second kappa shape index (κ2) is 33.2. The van der Waals surface area contributed by atoms with Crippen molar-refractivity contribution in [2.24, 2.45) is 11.7 Å². The van der Waals surface area contributed by atoms with Gasteiger partial charge in [-0.3, -0.25) is 33.8 Å². The number of rotatable bonds is 34. The lowest BCUT2D eigenvalue weighted by Crippen LogP contribution is -2.48. The number of thioether (sulfide) groups is 1. The molecule has 82 heavy (non-hydrogen) atoms. The molecule has 8 rings (SSSR count). The van der Waals surface area contributed by atoms with Crippen LogP contribution in [0.2, 0.25) is 0 Å². The number of aromatic nitrogens is 2. The first kappa shape index (κ1) is 61.8. The third kappa shape index (κ3) is 19.4. The number of fused-ring (bicyclic) bond motifs is 2. The third-order valence-electron chi connectivity index (χ3n) is 15.8. The number of nitrogens with one attached hydrogen (secondary N) is 6. The number of nitrogens with two attached hydrogens (primary N) is 1. The van der Waals surface area contributed by atoms with Gasteiger partial charge in [0, 0.05) is 134 Å². The van der Waals surface area contributed by atoms with Gasteiger partial charge in [0.25, 0.3) is 5.91 Å². The minimum atomic E-state index is -0.530. The molecule has 23 heteroatoms. The molecule has 7 amide bonds. The molecule has 0 unspecified atom stereocenters. The second-order valence-electron chi connectivity index (χ2n) is 21.6. The summed E-state index contributed by atoms with van der Waals surface area (Å²) in [6, 6.07) is 17.5. The maximum Gasteiger partial charge on any atom is 0.315 e. The fraction of sp³-hybridized carbons (Fsp3) is 0.610. The lowest BCUT2D eigenvalue weighted by atomic mass is 9.87. The summed E-state index contributed by atoms with van der Waals surface area (Å²) in [5, 5.41) is 23.6. The predicted molar refractivity (Wildman–Crippen MR) is 315 cm³/mol. The second-order valence-corrected chi connectivity index (χ2v) is 22.9. The molecule has 448 valence electrons. The maximum absolute atomic E-state index is 13.3. The van der Waals surface area contributed by atoms with Crippen LogP contribution in [0.4, 0.5) is 10.6 Å². The van der Waals surface area contributed by atoms with Crippen molar-refractivity contribution in [1.29, 1.82) is 0 Å². The monoisotopic (exact) mass is 1150 g/mol. The summed E-state index contributed by atoms with van der Waals surface area (Å²) in [7, 11) is 0. The molecule has 0 saturated carbocycles. The van der Waals surface area contributed by atoms with Crippen molar-refractivity contribution in [3.63, 3.8) is 0 Å². The number of urea groups is 1. The number of hydrogen-bond acceptors (Lipinski definition) is 15. The van der Waals surface area contributed by atoms with Gasteiger partial charge >= 0.3 is 6.03 Å². The van der Waals surface area contributed by atoms with Gasteiger partial charge in [-0.25, -0.2) is 9.48 Å². The minimum Gasteiger partial charge on any atom is -0.457 e. The first-order valence-electron chi connectivity index (χ1n) is 29.7. The summed E-state index contributed by atoms with van der Waals surface area (Å²) in [6.45, 7) is 11.5. The molecule has 8 N–H and O–H groups in total. The quantitative estimate of drug-likeness (QED) is 0.0250. The number of likely N-dealkylation sites (tertiary alicyclic amines) is 1. The van der Waals surface area contributed by atoms with Crippen LogP contribution in [0.5, 0.6) is 11.5 Å². The summed E-state index contributed by atoms with van der Waals surface area (Å²) in [4.78, 5) is 81.2. The molecular formula is C59H86N12O10S. The zero-order valence-corrected chi connectivity index (χ0v) is 48.3. The lowest BCUT2D eigenvalue weighted by Gasteiger charge is -2.38. The van der Waals surface area contributed by atoms with Crippen molar-refractivity contribution in [2.45, 2.75) is 100 Å². The highest BCUT2D eigenvalue weighted by Crippen LogP contribution is 2.40. The number of benzene rings is 2. The van der Waals surface area contributed by atoms with Crippen molar-refractivity contribution in [2.75, 3.05) is 129 Å². The fourth-order valence-corrected chi connectivity index (χ4v) is 12.8. The van der Waals surface area contributed by atoms with E-state index in [4.69, 9.17) is 29.8 Å². The molecule has 0 bridgehead atoms. The molecule has 3 aromatic rings. The molecule has 22 nitrogen and oxygen atoms in total. The van der Waals surface area contributed by atoms with Crippen LogP contribution in [0.15, 0.2) is 66.7 Å². The van der Waals surface area contributed by atoms with Crippen LogP contribution in [-0.2, 0) is 33.4 Å². The van der Waals surface area contributed by atoms with E-state index in [2.05, 4.69) is 41.7 Å². The van der Waals surface area contributed by atoms with Gasteiger partial charge in [-0.05, 0) is 93.7 Å². The van der Waals surface area contributed by atoms with Gasteiger partial charge in [-0.15, -0.1) is 0 Å². The molecule has 0 spiro atoms. The predicted octanol–water partition coefficient (Wildman–Crippen LogP) is 4.29. The van der Waals surface area contributed by atoms with Gasteiger partial charge in [0.1, 0.15) is 28.6 Å². The number of carbonyl (C=O) groups is 6. The SMILES string of the molecule is NC(=O)c1c(-c2ccc(Oc3ccccc3)cc2)nn2c1NCC[C@H]2C1CCN(C(=O)/C=C/CN2CCN(CCNC(=O)CCCC(=O)NCCCOCCOCCOCCCNC(=O)CCCC[C@H]3SC[C@H]4NC(=O)N[C@H]43)CC2)CC1. The van der Waals surface area contributed by atoms with E-state index in [0.29, 0.717) is 152 Å². The van der Waals surface area contributed by atoms with Gasteiger partial charge < -0.3 is 61.5 Å². The highest BCUT2D eigenvalue weighted by atomic mass is 32.2. The Kier molecular flexibility index (Phi) is 25.0. The largest absolute Gasteiger partial charge is 0.457 e. The van der Waals surface area contributed by atoms with Gasteiger partial charge in [0.2, 0.25) is 23.6 Å². The van der Waals surface area contributed by atoms with Crippen LogP contribution >= 0.6 is 11.8 Å². The molecule has 1 aromatic heterocycles. The Balaban J connectivity index is 0.576. The van der Waals surface area contributed by atoms with Crippen molar-refractivity contribution >= 4 is 53.1 Å². The number of ether oxygens (including phenoxy) is 4. The van der Waals surface area contributed by atoms with E-state index < -0.39 is 5.91 Å². The van der Waals surface area contributed by atoms with Crippen molar-refractivity contribution in [1.82, 2.24) is 51.1 Å². The maximum atomic E-state index is 13.3. The first-order chi connectivity index (χ1) is 40.1.